The number of nitrogens with two attached hydrogens (primary N) is 1. The second-order valence-electron chi connectivity index (χ2n) is 2.99. The van der Waals surface area contributed by atoms with Gasteiger partial charge in [0.2, 0.25) is 0 Å². The van der Waals surface area contributed by atoms with Gasteiger partial charge in [-0.2, -0.15) is 4.98 Å². The second-order valence-corrected chi connectivity index (χ2v) is 2.99. The molecule has 0 aliphatic rings. The summed E-state index contributed by atoms with van der Waals surface area (Å²) in [5.74, 6) is 1.01. The number of nitrogens with zero attached hydrogens (tertiary/aromatic N) is 4. The molecular weight excluding hydrogens is 182 g/mol. The normalized spacial score (nSPS) is 10.8. The van der Waals surface area contributed by atoms with Crippen LogP contribution in [0.3, 0.4) is 0 Å². The lowest BCUT2D eigenvalue weighted by atomic mass is 10.5. The van der Waals surface area contributed by atoms with Crippen molar-refractivity contribution in [2.24, 2.45) is 7.05 Å². The first-order valence-corrected chi connectivity index (χ1v) is 4.14. The molecule has 0 atom stereocenters. The van der Waals surface area contributed by atoms with Crippen LogP contribution in [0.15, 0.2) is 0 Å². The van der Waals surface area contributed by atoms with E-state index < -0.39 is 0 Å². The summed E-state index contributed by atoms with van der Waals surface area (Å²) in [6, 6.07) is 0.478. The van der Waals surface area contributed by atoms with Crippen LogP contribution in [-0.2, 0) is 7.05 Å². The Morgan fingerprint density at radius 2 is 2.00 bits per heavy atom. The van der Waals surface area contributed by atoms with Crippen LogP contribution >= 0.6 is 0 Å². The molecule has 14 heavy (non-hydrogen) atoms. The van der Waals surface area contributed by atoms with Crippen LogP contribution in [0, 0.1) is 6.92 Å². The van der Waals surface area contributed by atoms with Crippen molar-refractivity contribution in [2.45, 2.75) is 6.92 Å². The molecule has 0 fully saturated rings. The summed E-state index contributed by atoms with van der Waals surface area (Å²) in [7, 11) is 3.37. The molecule has 2 N–H and O–H groups in total. The smallest absolute Gasteiger partial charge is 0.298 e. The number of fused-ring (bicyclic) bond motifs is 1. The van der Waals surface area contributed by atoms with Gasteiger partial charge >= 0.3 is 0 Å². The fraction of sp³-hybridized carbons (Fsp3) is 0.375. The minimum absolute atomic E-state index is 0.381. The first-order chi connectivity index (χ1) is 6.63. The molecule has 2 aromatic rings. The zero-order valence-electron chi connectivity index (χ0n) is 8.27. The number of hydrogen-bond acceptors (Lipinski definition) is 5. The van der Waals surface area contributed by atoms with E-state index in [9.17, 15) is 0 Å². The number of rotatable bonds is 1. The predicted molar refractivity (Wildman–Crippen MR) is 52.0 cm³/mol. The molecule has 2 aromatic heterocycles. The lowest BCUT2D eigenvalue weighted by Gasteiger charge is -1.98. The van der Waals surface area contributed by atoms with E-state index in [4.69, 9.17) is 10.5 Å². The van der Waals surface area contributed by atoms with Crippen LogP contribution < -0.4 is 10.5 Å². The summed E-state index contributed by atoms with van der Waals surface area (Å²) in [5, 5.41) is 0. The molecule has 0 bridgehead atoms. The Morgan fingerprint density at radius 3 is 2.64 bits per heavy atom. The van der Waals surface area contributed by atoms with Crippen LogP contribution in [0.4, 0.5) is 5.82 Å². The minimum Gasteiger partial charge on any atom is -0.468 e. The number of hydrogen-bond donors (Lipinski definition) is 1. The fourth-order valence-corrected chi connectivity index (χ4v) is 1.36. The van der Waals surface area contributed by atoms with Crippen molar-refractivity contribution in [3.8, 4) is 6.01 Å². The van der Waals surface area contributed by atoms with Gasteiger partial charge < -0.3 is 10.5 Å². The number of anilines is 1. The highest BCUT2D eigenvalue weighted by Crippen LogP contribution is 2.21. The van der Waals surface area contributed by atoms with Gasteiger partial charge in [0.1, 0.15) is 5.82 Å². The molecular formula is C8H11N5O. The van der Waals surface area contributed by atoms with Crippen molar-refractivity contribution in [2.75, 3.05) is 12.8 Å². The van der Waals surface area contributed by atoms with Crippen LogP contribution in [0.25, 0.3) is 11.2 Å². The summed E-state index contributed by atoms with van der Waals surface area (Å²) in [6.07, 6.45) is 0. The molecule has 0 aliphatic carbocycles. The highest BCUT2D eigenvalue weighted by Gasteiger charge is 2.12. The molecule has 0 radical (unpaired) electrons. The number of aromatic nitrogens is 4. The Balaban J connectivity index is 2.85. The zero-order valence-corrected chi connectivity index (χ0v) is 8.27. The van der Waals surface area contributed by atoms with Gasteiger partial charge in [0.05, 0.1) is 7.11 Å². The number of imidazole rings is 1. The van der Waals surface area contributed by atoms with Gasteiger partial charge in [-0.3, -0.25) is 4.57 Å². The van der Waals surface area contributed by atoms with E-state index >= 15 is 0 Å². The summed E-state index contributed by atoms with van der Waals surface area (Å²) < 4.78 is 6.79. The number of ether oxygens (including phenoxy) is 1. The zero-order chi connectivity index (χ0) is 10.3. The number of aryl methyl sites for hydroxylation is 2. The molecule has 0 aliphatic heterocycles. The van der Waals surface area contributed by atoms with E-state index in [1.165, 1.54) is 0 Å². The average Bonchev–Trinajstić information content (AvgIpc) is 2.44. The predicted octanol–water partition coefficient (Wildman–Crippen LogP) is 0.263. The van der Waals surface area contributed by atoms with Crippen molar-refractivity contribution in [1.29, 1.82) is 0 Å². The van der Waals surface area contributed by atoms with E-state index in [0.717, 1.165) is 0 Å². The number of methoxy groups -OCH3 is 1. The Kier molecular flexibility index (Phi) is 1.77. The largest absolute Gasteiger partial charge is 0.468 e. The molecule has 2 heterocycles. The molecule has 0 saturated heterocycles. The van der Waals surface area contributed by atoms with Gasteiger partial charge in [0.25, 0.3) is 6.01 Å². The molecule has 6 nitrogen and oxygen atoms in total. The van der Waals surface area contributed by atoms with Gasteiger partial charge in [0, 0.05) is 7.05 Å². The molecule has 0 unspecified atom stereocenters. The Bertz CT molecular complexity index is 490. The molecule has 0 saturated carbocycles. The molecule has 0 amide bonds. The first-order valence-electron chi connectivity index (χ1n) is 4.14. The lowest BCUT2D eigenvalue weighted by Crippen LogP contribution is -1.99. The molecule has 6 heteroatoms. The van der Waals surface area contributed by atoms with Gasteiger partial charge in [-0.15, -0.1) is 0 Å². The quantitative estimate of drug-likeness (QED) is 0.702. The summed E-state index contributed by atoms with van der Waals surface area (Å²) in [5.41, 5.74) is 6.98. The van der Waals surface area contributed by atoms with Crippen LogP contribution in [0.5, 0.6) is 6.01 Å². The molecule has 0 aromatic carbocycles. The second kappa shape index (κ2) is 2.83. The maximum absolute atomic E-state index is 5.71. The molecule has 2 rings (SSSR count). The molecule has 74 valence electrons. The Labute approximate surface area is 80.7 Å². The van der Waals surface area contributed by atoms with Gasteiger partial charge in [-0.1, -0.05) is 0 Å². The summed E-state index contributed by atoms with van der Waals surface area (Å²) in [6.45, 7) is 1.79. The highest BCUT2D eigenvalue weighted by molar-refractivity contribution is 5.82. The van der Waals surface area contributed by atoms with Crippen LogP contribution in [-0.4, -0.2) is 26.6 Å². The van der Waals surface area contributed by atoms with E-state index in [1.54, 1.807) is 18.6 Å². The van der Waals surface area contributed by atoms with Gasteiger partial charge in [-0.25, -0.2) is 9.97 Å². The minimum atomic E-state index is 0.381. The highest BCUT2D eigenvalue weighted by atomic mass is 16.5. The standard InChI is InChI=1S/C8H11N5O/c1-4-10-6(9)5-7(11-4)13(2)8(12-5)14-3/h1-3H3,(H2,9,10,11). The summed E-state index contributed by atoms with van der Waals surface area (Å²) >= 11 is 0. The van der Waals surface area contributed by atoms with Crippen molar-refractivity contribution < 1.29 is 4.74 Å². The lowest BCUT2D eigenvalue weighted by molar-refractivity contribution is 0.368. The SMILES string of the molecule is COc1nc2c(N)nc(C)nc2n1C. The van der Waals surface area contributed by atoms with Gasteiger partial charge in [0.15, 0.2) is 17.0 Å². The monoisotopic (exact) mass is 193 g/mol. The first kappa shape index (κ1) is 8.74. The van der Waals surface area contributed by atoms with E-state index in [-0.39, 0.29) is 0 Å². The molecule has 0 spiro atoms. The Hall–Kier alpha value is -1.85. The van der Waals surface area contributed by atoms with Crippen molar-refractivity contribution in [3.05, 3.63) is 5.82 Å². The Morgan fingerprint density at radius 1 is 1.29 bits per heavy atom. The topological polar surface area (TPSA) is 78.8 Å². The average molecular weight is 193 g/mol. The van der Waals surface area contributed by atoms with E-state index in [0.29, 0.717) is 28.8 Å². The third kappa shape index (κ3) is 1.07. The van der Waals surface area contributed by atoms with Crippen molar-refractivity contribution in [3.63, 3.8) is 0 Å². The van der Waals surface area contributed by atoms with Crippen LogP contribution in [0.2, 0.25) is 0 Å². The van der Waals surface area contributed by atoms with Crippen molar-refractivity contribution in [1.82, 2.24) is 19.5 Å². The third-order valence-electron chi connectivity index (χ3n) is 2.00. The fourth-order valence-electron chi connectivity index (χ4n) is 1.36. The maximum Gasteiger partial charge on any atom is 0.298 e. The van der Waals surface area contributed by atoms with E-state index in [1.807, 2.05) is 7.05 Å². The maximum atomic E-state index is 5.71. The number of nitrogen functional groups attached to an aromatic ring is 1. The summed E-state index contributed by atoms with van der Waals surface area (Å²) in [4.78, 5) is 12.4. The van der Waals surface area contributed by atoms with Crippen LogP contribution in [0.1, 0.15) is 5.82 Å². The van der Waals surface area contributed by atoms with Crippen molar-refractivity contribution >= 4 is 17.0 Å². The van der Waals surface area contributed by atoms with E-state index in [2.05, 4.69) is 15.0 Å². The van der Waals surface area contributed by atoms with Gasteiger partial charge in [-0.05, 0) is 6.92 Å². The third-order valence-corrected chi connectivity index (χ3v) is 2.00.